The summed E-state index contributed by atoms with van der Waals surface area (Å²) < 4.78 is 0. The number of ketones is 1. The summed E-state index contributed by atoms with van der Waals surface area (Å²) in [5.41, 5.74) is 14.8. The van der Waals surface area contributed by atoms with Gasteiger partial charge in [-0.05, 0) is 71.1 Å². The number of hydrogen-bond acceptors (Lipinski definition) is 11. The van der Waals surface area contributed by atoms with Gasteiger partial charge in [-0.15, -0.1) is 11.3 Å². The molecule has 0 radical (unpaired) electrons. The van der Waals surface area contributed by atoms with Crippen LogP contribution in [0.5, 0.6) is 0 Å². The zero-order valence-electron chi connectivity index (χ0n) is 24.3. The number of rotatable bonds is 3. The summed E-state index contributed by atoms with van der Waals surface area (Å²) in [6, 6.07) is 4.41. The number of thiophene rings is 1. The molecule has 4 aliphatic rings. The Morgan fingerprint density at radius 3 is 2.20 bits per heavy atom. The third kappa shape index (κ3) is 5.07. The number of likely N-dealkylation sites (N-methyl/N-ethyl adjacent to an activating group) is 2. The molecular weight excluding hydrogens is 534 g/mol. The summed E-state index contributed by atoms with van der Waals surface area (Å²) in [5, 5.41) is 10.5. The third-order valence-electron chi connectivity index (χ3n) is 9.48. The Labute approximate surface area is 246 Å². The minimum Gasteiger partial charge on any atom is -0.395 e. The van der Waals surface area contributed by atoms with Crippen LogP contribution in [-0.2, 0) is 16.6 Å². The summed E-state index contributed by atoms with van der Waals surface area (Å²) in [7, 11) is 4.30. The van der Waals surface area contributed by atoms with Crippen molar-refractivity contribution in [2.75, 3.05) is 82.0 Å². The summed E-state index contributed by atoms with van der Waals surface area (Å²) in [5.74, 6) is 2.21. The van der Waals surface area contributed by atoms with E-state index in [2.05, 4.69) is 45.8 Å². The highest BCUT2D eigenvalue weighted by molar-refractivity contribution is 7.16. The zero-order chi connectivity index (χ0) is 28.7. The average molecular weight is 576 g/mol. The van der Waals surface area contributed by atoms with Crippen molar-refractivity contribution in [2.45, 2.75) is 50.4 Å². The van der Waals surface area contributed by atoms with Crippen LogP contribution < -0.4 is 21.3 Å². The van der Waals surface area contributed by atoms with E-state index in [9.17, 15) is 10.1 Å². The highest BCUT2D eigenvalue weighted by Crippen LogP contribution is 2.52. The molecule has 11 heteroatoms. The van der Waals surface area contributed by atoms with Crippen molar-refractivity contribution in [3.8, 4) is 6.07 Å². The molecule has 2 saturated heterocycles. The first kappa shape index (κ1) is 27.9. The van der Waals surface area contributed by atoms with E-state index >= 15 is 0 Å². The fourth-order valence-electron chi connectivity index (χ4n) is 7.10. The van der Waals surface area contributed by atoms with Gasteiger partial charge in [-0.2, -0.15) is 5.26 Å². The van der Waals surface area contributed by atoms with E-state index in [1.165, 1.54) is 11.3 Å². The fourth-order valence-corrected chi connectivity index (χ4v) is 8.26. The number of nitrogens with two attached hydrogens (primary N) is 2. The predicted octanol–water partition coefficient (Wildman–Crippen LogP) is 2.58. The van der Waals surface area contributed by atoms with Crippen molar-refractivity contribution in [1.29, 1.82) is 5.26 Å². The first-order valence-corrected chi connectivity index (χ1v) is 15.7. The van der Waals surface area contributed by atoms with E-state index in [0.29, 0.717) is 34.1 Å². The molecule has 0 bridgehead atoms. The second-order valence-corrected chi connectivity index (χ2v) is 13.2. The van der Waals surface area contributed by atoms with Crippen LogP contribution in [0.1, 0.15) is 60.4 Å². The van der Waals surface area contributed by atoms with Gasteiger partial charge in [0.2, 0.25) is 0 Å². The number of allylic oxidation sites excluding steroid dienone is 1. The van der Waals surface area contributed by atoms with E-state index in [1.807, 2.05) is 0 Å². The summed E-state index contributed by atoms with van der Waals surface area (Å²) in [6.45, 7) is 7.52. The van der Waals surface area contributed by atoms with Crippen LogP contribution >= 0.6 is 11.3 Å². The van der Waals surface area contributed by atoms with Crippen molar-refractivity contribution in [3.05, 3.63) is 33.5 Å². The lowest BCUT2D eigenvalue weighted by atomic mass is 9.61. The van der Waals surface area contributed by atoms with E-state index in [-0.39, 0.29) is 5.78 Å². The van der Waals surface area contributed by atoms with Crippen molar-refractivity contribution in [2.24, 2.45) is 5.73 Å². The Morgan fingerprint density at radius 1 is 0.927 bits per heavy atom. The van der Waals surface area contributed by atoms with Crippen molar-refractivity contribution in [1.82, 2.24) is 19.8 Å². The van der Waals surface area contributed by atoms with Crippen LogP contribution in [0.3, 0.4) is 0 Å². The number of nitrogens with zero attached hydrogens (tertiary/aromatic N) is 7. The number of carbonyl (C=O) groups is 1. The molecule has 10 nitrogen and oxygen atoms in total. The van der Waals surface area contributed by atoms with Gasteiger partial charge in [0.05, 0.1) is 16.7 Å². The molecule has 1 spiro atoms. The van der Waals surface area contributed by atoms with Gasteiger partial charge in [-0.25, -0.2) is 9.97 Å². The monoisotopic (exact) mass is 575 g/mol. The molecule has 2 aromatic rings. The van der Waals surface area contributed by atoms with Crippen molar-refractivity contribution in [3.63, 3.8) is 0 Å². The highest BCUT2D eigenvalue weighted by atomic mass is 32.1. The molecule has 41 heavy (non-hydrogen) atoms. The Bertz CT molecular complexity index is 1400. The standard InChI is InChI=1S/C30H41N9OS/c1-36-10-5-11-38(15-12-36)23-18-24(39-16-13-37(2)14-17-39)35-29(34-23)26(32)20-6-3-8-30(27(20)40)9-4-7-22-25(30)21(19-31)28(33)41-22/h18H,3-17,32-33H2,1-2H3/b26-20-/t30-/m0/s1. The number of fused-ring (bicyclic) bond motifs is 2. The topological polar surface area (TPSA) is 132 Å². The summed E-state index contributed by atoms with van der Waals surface area (Å²) in [4.78, 5) is 34.9. The Morgan fingerprint density at radius 2 is 1.54 bits per heavy atom. The molecule has 0 aromatic carbocycles. The number of nitrogen functional groups attached to an aromatic ring is 1. The van der Waals surface area contributed by atoms with Gasteiger partial charge in [-0.3, -0.25) is 4.79 Å². The third-order valence-corrected chi connectivity index (χ3v) is 10.6. The number of hydrogen-bond donors (Lipinski definition) is 2. The van der Waals surface area contributed by atoms with Crippen LogP contribution in [0.4, 0.5) is 16.6 Å². The first-order valence-electron chi connectivity index (χ1n) is 14.9. The summed E-state index contributed by atoms with van der Waals surface area (Å²) in [6.07, 6.45) is 5.68. The van der Waals surface area contributed by atoms with E-state index in [0.717, 1.165) is 113 Å². The van der Waals surface area contributed by atoms with Gasteiger partial charge in [0.15, 0.2) is 11.6 Å². The van der Waals surface area contributed by atoms with Crippen molar-refractivity contribution >= 4 is 39.5 Å². The minimum absolute atomic E-state index is 0.0306. The molecule has 2 aliphatic carbocycles. The van der Waals surface area contributed by atoms with Gasteiger partial charge in [0, 0.05) is 62.3 Å². The Balaban J connectivity index is 1.42. The van der Waals surface area contributed by atoms with Gasteiger partial charge in [0.1, 0.15) is 22.7 Å². The lowest BCUT2D eigenvalue weighted by molar-refractivity contribution is -0.122. The van der Waals surface area contributed by atoms with Gasteiger partial charge in [0.25, 0.3) is 0 Å². The Hall–Kier alpha value is -3.20. The number of piperazine rings is 1. The minimum atomic E-state index is -0.738. The molecule has 3 fully saturated rings. The quantitative estimate of drug-likeness (QED) is 0.527. The molecule has 2 aromatic heterocycles. The lowest BCUT2D eigenvalue weighted by Crippen LogP contribution is -2.45. The van der Waals surface area contributed by atoms with Gasteiger partial charge >= 0.3 is 0 Å². The van der Waals surface area contributed by atoms with Crippen LogP contribution in [-0.4, -0.2) is 92.0 Å². The maximum absolute atomic E-state index is 14.5. The second kappa shape index (κ2) is 11.2. The molecule has 4 N–H and O–H groups in total. The van der Waals surface area contributed by atoms with Crippen molar-refractivity contribution < 1.29 is 4.79 Å². The number of Topliss-reactive ketones (excluding diaryl/α,β-unsaturated/α-hetero) is 1. The molecule has 4 heterocycles. The molecular formula is C30H41N9OS. The molecule has 0 amide bonds. The van der Waals surface area contributed by atoms with E-state index in [4.69, 9.17) is 21.4 Å². The molecule has 0 unspecified atom stereocenters. The van der Waals surface area contributed by atoms with Gasteiger partial charge in [-0.1, -0.05) is 0 Å². The first-order chi connectivity index (χ1) is 19.8. The smallest absolute Gasteiger partial charge is 0.179 e. The molecule has 218 valence electrons. The predicted molar refractivity (Wildman–Crippen MR) is 164 cm³/mol. The molecule has 2 aliphatic heterocycles. The lowest BCUT2D eigenvalue weighted by Gasteiger charge is -2.40. The largest absolute Gasteiger partial charge is 0.395 e. The zero-order valence-corrected chi connectivity index (χ0v) is 25.1. The van der Waals surface area contributed by atoms with Crippen LogP contribution in [0.15, 0.2) is 11.6 Å². The highest BCUT2D eigenvalue weighted by Gasteiger charge is 2.49. The maximum Gasteiger partial charge on any atom is 0.179 e. The van der Waals surface area contributed by atoms with E-state index in [1.54, 1.807) is 0 Å². The van der Waals surface area contributed by atoms with E-state index < -0.39 is 5.41 Å². The fraction of sp³-hybridized carbons (Fsp3) is 0.600. The molecule has 6 rings (SSSR count). The SMILES string of the molecule is CN1CCCN(c2cc(N3CCN(C)CC3)nc(/C(N)=C3\CCC[C@@]4(CCCc5sc(N)c(C#N)c54)C3=O)n2)CC1. The Kier molecular flexibility index (Phi) is 7.66. The normalized spacial score (nSPS) is 25.6. The van der Waals surface area contributed by atoms with Crippen LogP contribution in [0.25, 0.3) is 5.70 Å². The van der Waals surface area contributed by atoms with Crippen LogP contribution in [0, 0.1) is 11.3 Å². The van der Waals surface area contributed by atoms with Crippen LogP contribution in [0.2, 0.25) is 0 Å². The number of carbonyl (C=O) groups excluding carboxylic acids is 1. The maximum atomic E-state index is 14.5. The number of nitriles is 1. The average Bonchev–Trinajstić information content (AvgIpc) is 3.16. The molecule has 1 atom stereocenters. The summed E-state index contributed by atoms with van der Waals surface area (Å²) >= 11 is 1.47. The second-order valence-electron chi connectivity index (χ2n) is 12.1. The molecule has 1 saturated carbocycles. The number of aryl methyl sites for hydroxylation is 1. The number of anilines is 3. The van der Waals surface area contributed by atoms with Gasteiger partial charge < -0.3 is 31.1 Å². The number of aromatic nitrogens is 2.